The van der Waals surface area contributed by atoms with Crippen LogP contribution in [-0.4, -0.2) is 21.0 Å². The number of rotatable bonds is 3. The Balaban J connectivity index is 2.71. The van der Waals surface area contributed by atoms with E-state index in [0.717, 1.165) is 15.9 Å². The fourth-order valence-corrected chi connectivity index (χ4v) is 6.72. The van der Waals surface area contributed by atoms with Gasteiger partial charge in [-0.1, -0.05) is 66.3 Å². The predicted octanol–water partition coefficient (Wildman–Crippen LogP) is 2.06. The lowest BCUT2D eigenvalue weighted by molar-refractivity contribution is 0.484. The molecule has 20 heavy (non-hydrogen) atoms. The summed E-state index contributed by atoms with van der Waals surface area (Å²) in [5.74, 6) is 0. The quantitative estimate of drug-likeness (QED) is 0.697. The standard InChI is InChI=1S/C15H18O3SSi/c1-12-9-10-14(19(16,17)18)15(11-12)20(2,3)13-7-5-4-6-8-13/h4-11H,1-3H3,(H,16,17,18). The van der Waals surface area contributed by atoms with Gasteiger partial charge in [-0.3, -0.25) is 4.55 Å². The highest BCUT2D eigenvalue weighted by Gasteiger charge is 2.31. The zero-order valence-corrected chi connectivity index (χ0v) is 13.6. The molecular weight excluding hydrogens is 288 g/mol. The van der Waals surface area contributed by atoms with Crippen molar-refractivity contribution in [1.82, 2.24) is 0 Å². The lowest BCUT2D eigenvalue weighted by atomic mass is 10.2. The minimum absolute atomic E-state index is 0.0311. The smallest absolute Gasteiger partial charge is 0.282 e. The van der Waals surface area contributed by atoms with Gasteiger partial charge >= 0.3 is 0 Å². The van der Waals surface area contributed by atoms with Gasteiger partial charge in [0.25, 0.3) is 10.1 Å². The second kappa shape index (κ2) is 5.16. The molecule has 0 amide bonds. The van der Waals surface area contributed by atoms with Crippen molar-refractivity contribution in [3.8, 4) is 0 Å². The van der Waals surface area contributed by atoms with Crippen LogP contribution < -0.4 is 10.4 Å². The van der Waals surface area contributed by atoms with E-state index in [1.807, 2.05) is 43.3 Å². The second-order valence-corrected chi connectivity index (χ2v) is 11.2. The lowest BCUT2D eigenvalue weighted by Gasteiger charge is -2.26. The molecule has 0 saturated carbocycles. The molecule has 2 rings (SSSR count). The molecule has 0 atom stereocenters. The first-order chi connectivity index (χ1) is 9.23. The highest BCUT2D eigenvalue weighted by molar-refractivity contribution is 7.86. The van der Waals surface area contributed by atoms with Crippen molar-refractivity contribution in [3.05, 3.63) is 54.1 Å². The molecule has 1 N–H and O–H groups in total. The minimum Gasteiger partial charge on any atom is -0.282 e. The molecule has 106 valence electrons. The van der Waals surface area contributed by atoms with Crippen molar-refractivity contribution in [2.75, 3.05) is 0 Å². The van der Waals surface area contributed by atoms with Crippen molar-refractivity contribution in [2.45, 2.75) is 24.9 Å². The van der Waals surface area contributed by atoms with E-state index in [9.17, 15) is 13.0 Å². The summed E-state index contributed by atoms with van der Waals surface area (Å²) in [5, 5.41) is 1.88. The number of benzene rings is 2. The molecular formula is C15H18O3SSi. The topological polar surface area (TPSA) is 54.4 Å². The third-order valence-electron chi connectivity index (χ3n) is 3.58. The van der Waals surface area contributed by atoms with Crippen molar-refractivity contribution < 1.29 is 13.0 Å². The van der Waals surface area contributed by atoms with Crippen LogP contribution in [0.25, 0.3) is 0 Å². The number of aryl methyl sites for hydroxylation is 1. The van der Waals surface area contributed by atoms with Crippen LogP contribution in [0.1, 0.15) is 5.56 Å². The first kappa shape index (κ1) is 15.0. The van der Waals surface area contributed by atoms with Gasteiger partial charge in [-0.2, -0.15) is 8.42 Å². The predicted molar refractivity (Wildman–Crippen MR) is 84.2 cm³/mol. The highest BCUT2D eigenvalue weighted by atomic mass is 32.2. The molecule has 3 nitrogen and oxygen atoms in total. The van der Waals surface area contributed by atoms with Crippen LogP contribution in [0, 0.1) is 6.92 Å². The summed E-state index contributed by atoms with van der Waals surface area (Å²) in [6, 6.07) is 15.0. The third-order valence-corrected chi connectivity index (χ3v) is 8.21. The summed E-state index contributed by atoms with van der Waals surface area (Å²) in [7, 11) is -6.39. The largest absolute Gasteiger partial charge is 0.294 e. The molecule has 0 radical (unpaired) electrons. The molecule has 0 spiro atoms. The Morgan fingerprint density at radius 3 is 2.15 bits per heavy atom. The Morgan fingerprint density at radius 2 is 1.60 bits per heavy atom. The van der Waals surface area contributed by atoms with Crippen molar-refractivity contribution in [2.24, 2.45) is 0 Å². The molecule has 0 bridgehead atoms. The maximum absolute atomic E-state index is 11.6. The van der Waals surface area contributed by atoms with E-state index < -0.39 is 18.2 Å². The van der Waals surface area contributed by atoms with Crippen LogP contribution in [0.4, 0.5) is 0 Å². The first-order valence-corrected chi connectivity index (χ1v) is 10.8. The zero-order valence-electron chi connectivity index (χ0n) is 11.8. The Labute approximate surface area is 121 Å². The molecule has 2 aromatic rings. The van der Waals surface area contributed by atoms with Crippen LogP contribution in [-0.2, 0) is 10.1 Å². The van der Waals surface area contributed by atoms with E-state index in [2.05, 4.69) is 13.1 Å². The maximum Gasteiger partial charge on any atom is 0.294 e. The molecule has 0 aliphatic rings. The summed E-state index contributed by atoms with van der Waals surface area (Å²) in [4.78, 5) is 0.0311. The van der Waals surface area contributed by atoms with E-state index in [4.69, 9.17) is 0 Å². The van der Waals surface area contributed by atoms with Gasteiger partial charge in [-0.15, -0.1) is 0 Å². The van der Waals surface area contributed by atoms with Gasteiger partial charge in [-0.25, -0.2) is 0 Å². The summed E-state index contributed by atoms with van der Waals surface area (Å²) >= 11 is 0. The van der Waals surface area contributed by atoms with Gasteiger partial charge in [0.2, 0.25) is 0 Å². The molecule has 0 heterocycles. The van der Waals surface area contributed by atoms with Crippen LogP contribution >= 0.6 is 0 Å². The number of hydrogen-bond donors (Lipinski definition) is 1. The molecule has 0 aromatic heterocycles. The monoisotopic (exact) mass is 306 g/mol. The average molecular weight is 306 g/mol. The summed E-state index contributed by atoms with van der Waals surface area (Å²) in [6.45, 7) is 6.10. The summed E-state index contributed by atoms with van der Waals surface area (Å²) in [5.41, 5.74) is 0.990. The van der Waals surface area contributed by atoms with Gasteiger partial charge in [0.15, 0.2) is 0 Å². The van der Waals surface area contributed by atoms with Crippen LogP contribution in [0.5, 0.6) is 0 Å². The van der Waals surface area contributed by atoms with Gasteiger partial charge in [0, 0.05) is 0 Å². The molecule has 0 saturated heterocycles. The van der Waals surface area contributed by atoms with Crippen molar-refractivity contribution in [3.63, 3.8) is 0 Å². The van der Waals surface area contributed by atoms with E-state index in [1.54, 1.807) is 6.07 Å². The molecule has 0 unspecified atom stereocenters. The molecule has 0 aliphatic heterocycles. The van der Waals surface area contributed by atoms with E-state index in [-0.39, 0.29) is 4.90 Å². The van der Waals surface area contributed by atoms with Crippen LogP contribution in [0.2, 0.25) is 13.1 Å². The minimum atomic E-state index is -4.21. The Bertz CT molecular complexity index is 722. The van der Waals surface area contributed by atoms with Crippen LogP contribution in [0.15, 0.2) is 53.4 Å². The average Bonchev–Trinajstić information content (AvgIpc) is 2.38. The van der Waals surface area contributed by atoms with Crippen LogP contribution in [0.3, 0.4) is 0 Å². The number of hydrogen-bond acceptors (Lipinski definition) is 2. The molecule has 5 heteroatoms. The summed E-state index contributed by atoms with van der Waals surface area (Å²) in [6.07, 6.45) is 0. The molecule has 2 aromatic carbocycles. The highest BCUT2D eigenvalue weighted by Crippen LogP contribution is 2.14. The third kappa shape index (κ3) is 2.84. The van der Waals surface area contributed by atoms with Gasteiger partial charge in [0.1, 0.15) is 8.07 Å². The normalized spacial score (nSPS) is 12.4. The van der Waals surface area contributed by atoms with Gasteiger partial charge in [-0.05, 0) is 18.2 Å². The molecule has 0 aliphatic carbocycles. The Morgan fingerprint density at radius 1 is 1.00 bits per heavy atom. The fraction of sp³-hybridized carbons (Fsp3) is 0.200. The summed E-state index contributed by atoms with van der Waals surface area (Å²) < 4.78 is 32.7. The fourth-order valence-electron chi connectivity index (χ4n) is 2.37. The first-order valence-electron chi connectivity index (χ1n) is 6.37. The lowest BCUT2D eigenvalue weighted by Crippen LogP contribution is -2.54. The van der Waals surface area contributed by atoms with E-state index >= 15 is 0 Å². The molecule has 0 fully saturated rings. The van der Waals surface area contributed by atoms with Gasteiger partial charge in [0.05, 0.1) is 4.90 Å². The van der Waals surface area contributed by atoms with E-state index in [0.29, 0.717) is 0 Å². The van der Waals surface area contributed by atoms with Crippen molar-refractivity contribution in [1.29, 1.82) is 0 Å². The zero-order chi connectivity index (χ0) is 15.0. The Hall–Kier alpha value is -1.43. The van der Waals surface area contributed by atoms with E-state index in [1.165, 1.54) is 6.07 Å². The second-order valence-electron chi connectivity index (χ2n) is 5.47. The maximum atomic E-state index is 11.6. The SMILES string of the molecule is Cc1ccc(S(=O)(=O)O)c([Si](C)(C)c2ccccc2)c1. The Kier molecular flexibility index (Phi) is 3.86. The van der Waals surface area contributed by atoms with Gasteiger partial charge < -0.3 is 0 Å². The van der Waals surface area contributed by atoms with Crippen molar-refractivity contribution >= 4 is 28.6 Å².